The summed E-state index contributed by atoms with van der Waals surface area (Å²) in [6, 6.07) is 1.86. The highest BCUT2D eigenvalue weighted by molar-refractivity contribution is 5.74. The topological polar surface area (TPSA) is 58.0 Å². The lowest BCUT2D eigenvalue weighted by atomic mass is 10.2. The normalized spacial score (nSPS) is 22.5. The van der Waals surface area contributed by atoms with Crippen LogP contribution >= 0.6 is 0 Å². The van der Waals surface area contributed by atoms with E-state index in [4.69, 9.17) is 9.15 Å². The van der Waals surface area contributed by atoms with Crippen LogP contribution in [0.4, 0.5) is 4.79 Å². The van der Waals surface area contributed by atoms with Gasteiger partial charge in [0.1, 0.15) is 0 Å². The SMILES string of the molecule is CN1CCO[C@@H](CN(CC2CC2)C(=O)NCc2ccoc2)C1. The molecule has 2 heterocycles. The Hall–Kier alpha value is -1.53. The lowest BCUT2D eigenvalue weighted by Crippen LogP contribution is -2.50. The van der Waals surface area contributed by atoms with Gasteiger partial charge in [0.05, 0.1) is 25.2 Å². The number of likely N-dealkylation sites (N-methyl/N-ethyl adjacent to an activating group) is 1. The van der Waals surface area contributed by atoms with Gasteiger partial charge in [0, 0.05) is 38.3 Å². The number of rotatable bonds is 6. The monoisotopic (exact) mass is 307 g/mol. The van der Waals surface area contributed by atoms with Gasteiger partial charge in [-0.1, -0.05) is 0 Å². The van der Waals surface area contributed by atoms with Crippen molar-refractivity contribution in [3.05, 3.63) is 24.2 Å². The molecule has 1 aromatic heterocycles. The second-order valence-corrected chi connectivity index (χ2v) is 6.39. The Morgan fingerprint density at radius 1 is 1.45 bits per heavy atom. The zero-order valence-corrected chi connectivity index (χ0v) is 13.2. The maximum absolute atomic E-state index is 12.5. The molecule has 2 fully saturated rings. The van der Waals surface area contributed by atoms with Crippen LogP contribution in [0.1, 0.15) is 18.4 Å². The van der Waals surface area contributed by atoms with Crippen LogP contribution < -0.4 is 5.32 Å². The fourth-order valence-electron chi connectivity index (χ4n) is 2.76. The maximum atomic E-state index is 12.5. The number of nitrogens with one attached hydrogen (secondary N) is 1. The molecule has 22 heavy (non-hydrogen) atoms. The van der Waals surface area contributed by atoms with E-state index in [2.05, 4.69) is 17.3 Å². The van der Waals surface area contributed by atoms with E-state index in [1.54, 1.807) is 12.5 Å². The molecule has 1 saturated carbocycles. The predicted octanol–water partition coefficient (Wildman–Crippen LogP) is 1.53. The minimum Gasteiger partial charge on any atom is -0.472 e. The molecule has 6 nitrogen and oxygen atoms in total. The van der Waals surface area contributed by atoms with Crippen LogP contribution in [0.3, 0.4) is 0 Å². The van der Waals surface area contributed by atoms with Gasteiger partial charge >= 0.3 is 6.03 Å². The fraction of sp³-hybridized carbons (Fsp3) is 0.688. The van der Waals surface area contributed by atoms with Crippen LogP contribution in [-0.4, -0.2) is 61.8 Å². The molecule has 1 aliphatic carbocycles. The minimum atomic E-state index is -0.00933. The first-order chi connectivity index (χ1) is 10.7. The third kappa shape index (κ3) is 4.48. The van der Waals surface area contributed by atoms with Crippen LogP contribution in [0.15, 0.2) is 23.0 Å². The van der Waals surface area contributed by atoms with Crippen molar-refractivity contribution in [3.63, 3.8) is 0 Å². The highest BCUT2D eigenvalue weighted by atomic mass is 16.5. The third-order valence-corrected chi connectivity index (χ3v) is 4.25. The number of furan rings is 1. The number of hydrogen-bond donors (Lipinski definition) is 1. The average molecular weight is 307 g/mol. The summed E-state index contributed by atoms with van der Waals surface area (Å²) in [5.74, 6) is 0.668. The van der Waals surface area contributed by atoms with Gasteiger partial charge in [0.15, 0.2) is 0 Å². The molecule has 0 unspecified atom stereocenters. The minimum absolute atomic E-state index is 0.00933. The van der Waals surface area contributed by atoms with Crippen molar-refractivity contribution in [2.75, 3.05) is 39.8 Å². The second-order valence-electron chi connectivity index (χ2n) is 6.39. The summed E-state index contributed by atoms with van der Waals surface area (Å²) in [6.45, 7) is 4.60. The molecule has 0 bridgehead atoms. The molecular weight excluding hydrogens is 282 g/mol. The van der Waals surface area contributed by atoms with Crippen LogP contribution in [0, 0.1) is 5.92 Å². The molecule has 0 radical (unpaired) electrons. The molecule has 1 saturated heterocycles. The molecule has 122 valence electrons. The Morgan fingerprint density at radius 3 is 3.00 bits per heavy atom. The smallest absolute Gasteiger partial charge is 0.317 e. The van der Waals surface area contributed by atoms with Crippen LogP contribution in [0.2, 0.25) is 0 Å². The third-order valence-electron chi connectivity index (χ3n) is 4.25. The molecule has 1 aliphatic heterocycles. The van der Waals surface area contributed by atoms with E-state index in [9.17, 15) is 4.79 Å². The summed E-state index contributed by atoms with van der Waals surface area (Å²) in [4.78, 5) is 16.6. The van der Waals surface area contributed by atoms with E-state index >= 15 is 0 Å². The Bertz CT molecular complexity index is 473. The first-order valence-corrected chi connectivity index (χ1v) is 8.04. The number of carbonyl (C=O) groups is 1. The quantitative estimate of drug-likeness (QED) is 0.866. The number of carbonyl (C=O) groups excluding carboxylic acids is 1. The van der Waals surface area contributed by atoms with Gasteiger partial charge in [-0.15, -0.1) is 0 Å². The zero-order valence-electron chi connectivity index (χ0n) is 13.2. The molecule has 1 atom stereocenters. The van der Waals surface area contributed by atoms with Crippen molar-refractivity contribution < 1.29 is 13.9 Å². The molecule has 6 heteroatoms. The molecule has 1 aromatic rings. The highest BCUT2D eigenvalue weighted by Crippen LogP contribution is 2.30. The van der Waals surface area contributed by atoms with Crippen LogP contribution in [0.25, 0.3) is 0 Å². The van der Waals surface area contributed by atoms with Crippen molar-refractivity contribution in [1.82, 2.24) is 15.1 Å². The van der Waals surface area contributed by atoms with E-state index < -0.39 is 0 Å². The van der Waals surface area contributed by atoms with Crippen molar-refractivity contribution >= 4 is 6.03 Å². The van der Waals surface area contributed by atoms with Gasteiger partial charge in [-0.25, -0.2) is 4.79 Å². The van der Waals surface area contributed by atoms with Crippen molar-refractivity contribution in [3.8, 4) is 0 Å². The summed E-state index contributed by atoms with van der Waals surface area (Å²) in [6.07, 6.45) is 5.85. The van der Waals surface area contributed by atoms with E-state index in [0.29, 0.717) is 19.0 Å². The van der Waals surface area contributed by atoms with E-state index in [1.165, 1.54) is 12.8 Å². The van der Waals surface area contributed by atoms with Gasteiger partial charge in [-0.05, 0) is 31.9 Å². The van der Waals surface area contributed by atoms with E-state index in [-0.39, 0.29) is 12.1 Å². The fourth-order valence-corrected chi connectivity index (χ4v) is 2.76. The summed E-state index contributed by atoms with van der Waals surface area (Å²) in [7, 11) is 2.10. The van der Waals surface area contributed by atoms with Crippen molar-refractivity contribution in [2.45, 2.75) is 25.5 Å². The second kappa shape index (κ2) is 7.15. The summed E-state index contributed by atoms with van der Waals surface area (Å²) in [5, 5.41) is 2.98. The summed E-state index contributed by atoms with van der Waals surface area (Å²) in [5.41, 5.74) is 0.980. The molecule has 1 N–H and O–H groups in total. The van der Waals surface area contributed by atoms with Crippen molar-refractivity contribution in [2.24, 2.45) is 5.92 Å². The lowest BCUT2D eigenvalue weighted by molar-refractivity contribution is -0.0308. The Balaban J connectivity index is 1.52. The summed E-state index contributed by atoms with van der Waals surface area (Å²) < 4.78 is 10.8. The molecule has 0 aromatic carbocycles. The Kier molecular flexibility index (Phi) is 5.00. The van der Waals surface area contributed by atoms with Gasteiger partial charge in [-0.3, -0.25) is 0 Å². The van der Waals surface area contributed by atoms with Crippen LogP contribution in [-0.2, 0) is 11.3 Å². The number of urea groups is 1. The average Bonchev–Trinajstić information content (AvgIpc) is 3.16. The number of nitrogens with zero attached hydrogens (tertiary/aromatic N) is 2. The molecule has 3 rings (SSSR count). The largest absolute Gasteiger partial charge is 0.472 e. The molecule has 0 spiro atoms. The predicted molar refractivity (Wildman–Crippen MR) is 82.5 cm³/mol. The summed E-state index contributed by atoms with van der Waals surface area (Å²) >= 11 is 0. The highest BCUT2D eigenvalue weighted by Gasteiger charge is 2.29. The number of ether oxygens (including phenoxy) is 1. The lowest BCUT2D eigenvalue weighted by Gasteiger charge is -2.34. The molecule has 2 amide bonds. The Morgan fingerprint density at radius 2 is 2.32 bits per heavy atom. The van der Waals surface area contributed by atoms with Crippen molar-refractivity contribution in [1.29, 1.82) is 0 Å². The van der Waals surface area contributed by atoms with Gasteiger partial charge in [0.25, 0.3) is 0 Å². The van der Waals surface area contributed by atoms with Crippen LogP contribution in [0.5, 0.6) is 0 Å². The zero-order chi connectivity index (χ0) is 15.4. The van der Waals surface area contributed by atoms with E-state index in [1.807, 2.05) is 11.0 Å². The first-order valence-electron chi connectivity index (χ1n) is 8.04. The maximum Gasteiger partial charge on any atom is 0.317 e. The number of amides is 2. The first kappa shape index (κ1) is 15.4. The molecule has 2 aliphatic rings. The number of morpholine rings is 1. The number of hydrogen-bond acceptors (Lipinski definition) is 4. The van der Waals surface area contributed by atoms with Gasteiger partial charge < -0.3 is 24.3 Å². The van der Waals surface area contributed by atoms with Gasteiger partial charge in [0.2, 0.25) is 0 Å². The van der Waals surface area contributed by atoms with Gasteiger partial charge in [-0.2, -0.15) is 0 Å². The Labute approximate surface area is 131 Å². The van der Waals surface area contributed by atoms with E-state index in [0.717, 1.165) is 31.8 Å². The molecular formula is C16H25N3O3. The standard InChI is InChI=1S/C16H25N3O3/c1-18-5-7-22-15(10-18)11-19(9-13-2-3-13)16(20)17-8-14-4-6-21-12-14/h4,6,12-13,15H,2-3,5,7-11H2,1H3,(H,17,20)/t15-/m1/s1.